The van der Waals surface area contributed by atoms with Gasteiger partial charge in [0.05, 0.1) is 24.0 Å². The normalized spacial score (nSPS) is 19.0. The summed E-state index contributed by atoms with van der Waals surface area (Å²) in [5.74, 6) is 0.357. The van der Waals surface area contributed by atoms with Gasteiger partial charge in [0.1, 0.15) is 11.5 Å². The van der Waals surface area contributed by atoms with Crippen LogP contribution >= 0.6 is 0 Å². The molecule has 1 aromatic heterocycles. The summed E-state index contributed by atoms with van der Waals surface area (Å²) in [7, 11) is 0. The second-order valence-corrected chi connectivity index (χ2v) is 7.90. The first-order chi connectivity index (χ1) is 15.7. The van der Waals surface area contributed by atoms with E-state index in [0.717, 1.165) is 11.8 Å². The number of aliphatic imine (C=N–C) groups is 1. The third-order valence-corrected chi connectivity index (χ3v) is 5.62. The minimum absolute atomic E-state index is 0.105. The molecule has 1 aromatic rings. The van der Waals surface area contributed by atoms with Gasteiger partial charge >= 0.3 is 6.18 Å². The molecule has 2 heterocycles. The molecule has 0 unspecified atom stereocenters. The zero-order chi connectivity index (χ0) is 24.0. The fourth-order valence-electron chi connectivity index (χ4n) is 3.76. The fraction of sp³-hybridized carbons (Fsp3) is 0.478. The Balaban J connectivity index is 1.78. The van der Waals surface area contributed by atoms with E-state index in [1.54, 1.807) is 17.3 Å². The summed E-state index contributed by atoms with van der Waals surface area (Å²) in [5, 5.41) is 11.1. The highest BCUT2D eigenvalue weighted by atomic mass is 19.4. The molecular formula is C23H29F3N6O. The summed E-state index contributed by atoms with van der Waals surface area (Å²) >= 11 is 0. The summed E-state index contributed by atoms with van der Waals surface area (Å²) in [5.41, 5.74) is 1.45. The standard InChI is InChI=1S/C23H29F3N6O/c1-4-18(30-20-11-10-17(14-27-20)23(24,25)26)15-31(5-2)22(33)19-9-7-6-8-16(3)21(19)32-28-12-13-29-32/h6,8-9,12-14,18H,4-5,7,10-11,15H2,1-3H3,(H,27,30)/t18-/m1/s1. The van der Waals surface area contributed by atoms with E-state index in [1.165, 1.54) is 4.80 Å². The van der Waals surface area contributed by atoms with Crippen LogP contribution in [-0.4, -0.2) is 56.9 Å². The van der Waals surface area contributed by atoms with Crippen LogP contribution in [-0.2, 0) is 4.79 Å². The minimum Gasteiger partial charge on any atom is -0.350 e. The highest BCUT2D eigenvalue weighted by Crippen LogP contribution is 2.30. The van der Waals surface area contributed by atoms with Crippen LogP contribution in [0.3, 0.4) is 0 Å². The maximum atomic E-state index is 13.6. The second kappa shape index (κ2) is 10.6. The molecule has 0 bridgehead atoms. The molecule has 3 rings (SSSR count). The molecular weight excluding hydrogens is 433 g/mol. The van der Waals surface area contributed by atoms with Gasteiger partial charge in [-0.05, 0) is 38.7 Å². The van der Waals surface area contributed by atoms with Crippen LogP contribution in [0.5, 0.6) is 0 Å². The lowest BCUT2D eigenvalue weighted by Gasteiger charge is -2.27. The van der Waals surface area contributed by atoms with Crippen LogP contribution in [0.25, 0.3) is 5.70 Å². The number of hydrogen-bond acceptors (Lipinski definition) is 4. The first-order valence-electron chi connectivity index (χ1n) is 11.1. The third kappa shape index (κ3) is 6.00. The number of carbonyl (C=O) groups excluding carboxylic acids is 1. The average molecular weight is 463 g/mol. The van der Waals surface area contributed by atoms with E-state index >= 15 is 0 Å². The van der Waals surface area contributed by atoms with E-state index in [2.05, 4.69) is 20.5 Å². The van der Waals surface area contributed by atoms with Crippen molar-refractivity contribution < 1.29 is 18.0 Å². The summed E-state index contributed by atoms with van der Waals surface area (Å²) < 4.78 is 38.6. The Hall–Kier alpha value is -3.17. The van der Waals surface area contributed by atoms with Crippen molar-refractivity contribution in [1.82, 2.24) is 25.2 Å². The largest absolute Gasteiger partial charge is 0.414 e. The summed E-state index contributed by atoms with van der Waals surface area (Å²) in [6, 6.07) is -0.238. The molecule has 0 radical (unpaired) electrons. The molecule has 1 aliphatic carbocycles. The molecule has 0 fully saturated rings. The molecule has 0 saturated heterocycles. The van der Waals surface area contributed by atoms with Gasteiger partial charge in [-0.25, -0.2) is 0 Å². The van der Waals surface area contributed by atoms with Crippen LogP contribution in [0.1, 0.15) is 46.5 Å². The predicted octanol–water partition coefficient (Wildman–Crippen LogP) is 4.25. The molecule has 0 aromatic carbocycles. The highest BCUT2D eigenvalue weighted by molar-refractivity contribution is 6.06. The molecule has 7 nitrogen and oxygen atoms in total. The SMILES string of the molecule is CC[C@H](CN(CC)C(=O)C1=CCC=CC(C)=C1n1nccn1)N=C1CCC(C(F)(F)F)=CN1. The van der Waals surface area contributed by atoms with Gasteiger partial charge in [-0.1, -0.05) is 25.2 Å². The van der Waals surface area contributed by atoms with Crippen molar-refractivity contribution in [3.63, 3.8) is 0 Å². The smallest absolute Gasteiger partial charge is 0.350 e. The van der Waals surface area contributed by atoms with Crippen LogP contribution < -0.4 is 5.32 Å². The number of hydrogen-bond donors (Lipinski definition) is 1. The average Bonchev–Trinajstić information content (AvgIpc) is 3.24. The van der Waals surface area contributed by atoms with E-state index < -0.39 is 11.7 Å². The van der Waals surface area contributed by atoms with Gasteiger partial charge in [0.25, 0.3) is 5.91 Å². The molecule has 1 aliphatic heterocycles. The van der Waals surface area contributed by atoms with E-state index in [1.807, 2.05) is 39.0 Å². The fourth-order valence-corrected chi connectivity index (χ4v) is 3.76. The lowest BCUT2D eigenvalue weighted by molar-refractivity contribution is -0.126. The number of carbonyl (C=O) groups is 1. The monoisotopic (exact) mass is 462 g/mol. The Labute approximate surface area is 191 Å². The van der Waals surface area contributed by atoms with Gasteiger partial charge in [-0.15, -0.1) is 0 Å². The van der Waals surface area contributed by atoms with Crippen LogP contribution in [0, 0.1) is 0 Å². The van der Waals surface area contributed by atoms with Crippen molar-refractivity contribution in [2.45, 2.75) is 58.7 Å². The van der Waals surface area contributed by atoms with E-state index in [0.29, 0.717) is 43.0 Å². The van der Waals surface area contributed by atoms with Gasteiger partial charge in [0.2, 0.25) is 0 Å². The molecule has 178 valence electrons. The number of nitrogens with zero attached hydrogens (tertiary/aromatic N) is 5. The topological polar surface area (TPSA) is 75.4 Å². The number of alkyl halides is 3. The number of rotatable bonds is 7. The highest BCUT2D eigenvalue weighted by Gasteiger charge is 2.35. The van der Waals surface area contributed by atoms with Crippen molar-refractivity contribution in [3.05, 3.63) is 53.5 Å². The second-order valence-electron chi connectivity index (χ2n) is 7.90. The molecule has 33 heavy (non-hydrogen) atoms. The molecule has 1 N–H and O–H groups in total. The Kier molecular flexibility index (Phi) is 7.88. The first kappa shape index (κ1) is 24.5. The molecule has 1 amide bonds. The van der Waals surface area contributed by atoms with Gasteiger partial charge in [-0.3, -0.25) is 9.79 Å². The van der Waals surface area contributed by atoms with Crippen LogP contribution in [0.2, 0.25) is 0 Å². The number of amidine groups is 1. The molecule has 10 heteroatoms. The molecule has 2 aliphatic rings. The lowest BCUT2D eigenvalue weighted by atomic mass is 10.1. The number of halogens is 3. The zero-order valence-electron chi connectivity index (χ0n) is 19.1. The van der Waals surface area contributed by atoms with Gasteiger partial charge in [-0.2, -0.15) is 28.2 Å². The van der Waals surface area contributed by atoms with Crippen molar-refractivity contribution in [2.24, 2.45) is 4.99 Å². The Morgan fingerprint density at radius 1 is 1.27 bits per heavy atom. The maximum Gasteiger partial charge on any atom is 0.414 e. The van der Waals surface area contributed by atoms with Crippen LogP contribution in [0.4, 0.5) is 13.2 Å². The summed E-state index contributed by atoms with van der Waals surface area (Å²) in [6.07, 6.45) is 6.92. The Bertz CT molecular complexity index is 1000. The Morgan fingerprint density at radius 3 is 2.58 bits per heavy atom. The molecule has 0 spiro atoms. The maximum absolute atomic E-state index is 13.6. The number of aromatic nitrogens is 3. The van der Waals surface area contributed by atoms with E-state index in [-0.39, 0.29) is 24.8 Å². The van der Waals surface area contributed by atoms with Crippen LogP contribution in [0.15, 0.2) is 58.5 Å². The zero-order valence-corrected chi connectivity index (χ0v) is 19.1. The Morgan fingerprint density at radius 2 is 2.00 bits per heavy atom. The first-order valence-corrected chi connectivity index (χ1v) is 11.1. The lowest BCUT2D eigenvalue weighted by Crippen LogP contribution is -2.39. The van der Waals surface area contributed by atoms with E-state index in [9.17, 15) is 18.0 Å². The van der Waals surface area contributed by atoms with Gasteiger partial charge < -0.3 is 10.2 Å². The van der Waals surface area contributed by atoms with Crippen molar-refractivity contribution >= 4 is 17.4 Å². The van der Waals surface area contributed by atoms with Gasteiger partial charge in [0.15, 0.2) is 0 Å². The van der Waals surface area contributed by atoms with E-state index in [4.69, 9.17) is 0 Å². The van der Waals surface area contributed by atoms with Gasteiger partial charge in [0, 0.05) is 31.3 Å². The van der Waals surface area contributed by atoms with Crippen molar-refractivity contribution in [2.75, 3.05) is 13.1 Å². The number of nitrogens with one attached hydrogen (secondary N) is 1. The van der Waals surface area contributed by atoms with Crippen molar-refractivity contribution in [1.29, 1.82) is 0 Å². The number of allylic oxidation sites excluding steroid dienone is 5. The molecule has 0 saturated carbocycles. The minimum atomic E-state index is -4.33. The molecule has 1 atom stereocenters. The summed E-state index contributed by atoms with van der Waals surface area (Å²) in [6.45, 7) is 6.58. The summed E-state index contributed by atoms with van der Waals surface area (Å²) in [4.78, 5) is 21.3. The number of likely N-dealkylation sites (N-methyl/N-ethyl adjacent to an activating group) is 1. The quantitative estimate of drug-likeness (QED) is 0.657. The number of amides is 1. The predicted molar refractivity (Wildman–Crippen MR) is 121 cm³/mol. The third-order valence-electron chi connectivity index (χ3n) is 5.62. The van der Waals surface area contributed by atoms with Crippen molar-refractivity contribution in [3.8, 4) is 0 Å².